The molecule has 0 aromatic carbocycles. The average molecular weight is 285 g/mol. The minimum atomic E-state index is 0.668. The number of nitrogens with one attached hydrogen (secondary N) is 1. The molecule has 3 aliphatic heterocycles. The molecular weight excluding hydrogens is 276 g/mol. The Morgan fingerprint density at radius 1 is 1.53 bits per heavy atom. The molecule has 3 nitrogen and oxygen atoms in total. The van der Waals surface area contributed by atoms with Gasteiger partial charge in [0.2, 0.25) is 0 Å². The molecule has 78 valence electrons. The van der Waals surface area contributed by atoms with Crippen molar-refractivity contribution in [1.29, 1.82) is 0 Å². The molecule has 0 aliphatic carbocycles. The van der Waals surface area contributed by atoms with Gasteiger partial charge in [-0.15, -0.1) is 0 Å². The van der Waals surface area contributed by atoms with Crippen molar-refractivity contribution in [2.75, 3.05) is 13.2 Å². The fourth-order valence-electron chi connectivity index (χ4n) is 2.09. The maximum absolute atomic E-state index is 5.46. The molecule has 5 heteroatoms. The van der Waals surface area contributed by atoms with E-state index in [1.54, 1.807) is 6.26 Å². The molecule has 0 amide bonds. The van der Waals surface area contributed by atoms with Crippen molar-refractivity contribution >= 4 is 33.3 Å². The Morgan fingerprint density at radius 3 is 3.27 bits per heavy atom. The largest absolute Gasteiger partial charge is 0.496 e. The predicted molar refractivity (Wildman–Crippen MR) is 65.1 cm³/mol. The van der Waals surface area contributed by atoms with E-state index in [9.17, 15) is 0 Å². The molecule has 1 N–H and O–H groups in total. The van der Waals surface area contributed by atoms with Crippen molar-refractivity contribution in [2.45, 2.75) is 6.42 Å². The summed E-state index contributed by atoms with van der Waals surface area (Å²) < 4.78 is 6.43. The summed E-state index contributed by atoms with van der Waals surface area (Å²) in [4.78, 5) is 2.14. The third-order valence-corrected chi connectivity index (χ3v) is 3.74. The molecule has 15 heavy (non-hydrogen) atoms. The first-order chi connectivity index (χ1) is 7.27. The van der Waals surface area contributed by atoms with Gasteiger partial charge in [0.05, 0.1) is 16.4 Å². The van der Waals surface area contributed by atoms with Crippen LogP contribution < -0.4 is 5.32 Å². The molecule has 0 radical (unpaired) electrons. The van der Waals surface area contributed by atoms with E-state index in [1.165, 1.54) is 11.3 Å². The summed E-state index contributed by atoms with van der Waals surface area (Å²) in [6, 6.07) is 0. The van der Waals surface area contributed by atoms with Crippen LogP contribution in [0.1, 0.15) is 6.42 Å². The van der Waals surface area contributed by atoms with Crippen molar-refractivity contribution in [1.82, 2.24) is 10.2 Å². The van der Waals surface area contributed by atoms with Crippen molar-refractivity contribution in [2.24, 2.45) is 0 Å². The first kappa shape index (κ1) is 9.42. The minimum absolute atomic E-state index is 0.668. The number of hydrogen-bond donors (Lipinski definition) is 1. The lowest BCUT2D eigenvalue weighted by Gasteiger charge is -2.28. The Morgan fingerprint density at radius 2 is 2.40 bits per heavy atom. The van der Waals surface area contributed by atoms with E-state index in [2.05, 4.69) is 26.1 Å². The van der Waals surface area contributed by atoms with Crippen LogP contribution in [0.3, 0.4) is 0 Å². The van der Waals surface area contributed by atoms with Gasteiger partial charge < -0.3 is 15.0 Å². The number of thiocarbonyl (C=S) groups is 1. The number of nitrogens with zero attached hydrogens (tertiary/aromatic N) is 1. The summed E-state index contributed by atoms with van der Waals surface area (Å²) in [6.45, 7) is 1.62. The van der Waals surface area contributed by atoms with Crippen LogP contribution >= 0.6 is 28.1 Å². The van der Waals surface area contributed by atoms with Gasteiger partial charge >= 0.3 is 0 Å². The summed E-state index contributed by atoms with van der Waals surface area (Å²) in [5.41, 5.74) is 3.68. The van der Waals surface area contributed by atoms with Gasteiger partial charge in [0.1, 0.15) is 6.61 Å². The van der Waals surface area contributed by atoms with E-state index in [4.69, 9.17) is 17.0 Å². The summed E-state index contributed by atoms with van der Waals surface area (Å²) >= 11 is 8.77. The molecule has 0 aromatic rings. The van der Waals surface area contributed by atoms with Crippen molar-refractivity contribution < 1.29 is 4.74 Å². The van der Waals surface area contributed by atoms with Gasteiger partial charge in [-0.05, 0) is 40.1 Å². The zero-order chi connectivity index (χ0) is 10.4. The van der Waals surface area contributed by atoms with Gasteiger partial charge in [-0.3, -0.25) is 0 Å². The van der Waals surface area contributed by atoms with Crippen LogP contribution in [-0.4, -0.2) is 23.2 Å². The zero-order valence-electron chi connectivity index (χ0n) is 7.92. The predicted octanol–water partition coefficient (Wildman–Crippen LogP) is 1.98. The van der Waals surface area contributed by atoms with Crippen LogP contribution in [0.25, 0.3) is 0 Å². The van der Waals surface area contributed by atoms with Gasteiger partial charge in [0.15, 0.2) is 5.11 Å². The Kier molecular flexibility index (Phi) is 2.10. The molecule has 3 heterocycles. The Hall–Kier alpha value is -0.810. The van der Waals surface area contributed by atoms with E-state index >= 15 is 0 Å². The highest BCUT2D eigenvalue weighted by Gasteiger charge is 2.32. The third kappa shape index (κ3) is 1.33. The molecular formula is C10H9BrN2OS. The lowest BCUT2D eigenvalue weighted by atomic mass is 10.1. The van der Waals surface area contributed by atoms with E-state index < -0.39 is 0 Å². The van der Waals surface area contributed by atoms with E-state index in [-0.39, 0.29) is 0 Å². The van der Waals surface area contributed by atoms with Crippen LogP contribution in [0.2, 0.25) is 0 Å². The smallest absolute Gasteiger partial charge is 0.177 e. The fraction of sp³-hybridized carbons (Fsp3) is 0.300. The van der Waals surface area contributed by atoms with Gasteiger partial charge in [-0.25, -0.2) is 0 Å². The second-order valence-corrected chi connectivity index (χ2v) is 4.88. The maximum atomic E-state index is 5.46. The monoisotopic (exact) mass is 284 g/mol. The molecule has 0 unspecified atom stereocenters. The second kappa shape index (κ2) is 3.35. The third-order valence-electron chi connectivity index (χ3n) is 2.78. The Bertz CT molecular complexity index is 439. The molecule has 0 saturated heterocycles. The Balaban J connectivity index is 2.17. The molecule has 3 aliphatic rings. The SMILES string of the molecule is S=C1NC=C2C(Br)=COCC3=C2N1CC3. The number of allylic oxidation sites excluding steroid dienone is 1. The van der Waals surface area contributed by atoms with Crippen LogP contribution in [-0.2, 0) is 4.74 Å². The van der Waals surface area contributed by atoms with Crippen molar-refractivity contribution in [3.8, 4) is 0 Å². The zero-order valence-corrected chi connectivity index (χ0v) is 10.3. The van der Waals surface area contributed by atoms with Gasteiger partial charge in [-0.2, -0.15) is 0 Å². The highest BCUT2D eigenvalue weighted by atomic mass is 79.9. The Labute approximate surface area is 102 Å². The minimum Gasteiger partial charge on any atom is -0.496 e. The molecule has 0 spiro atoms. The van der Waals surface area contributed by atoms with Crippen molar-refractivity contribution in [3.63, 3.8) is 0 Å². The number of ether oxygens (including phenoxy) is 1. The lowest BCUT2D eigenvalue weighted by Crippen LogP contribution is -2.39. The first-order valence-corrected chi connectivity index (χ1v) is 5.96. The first-order valence-electron chi connectivity index (χ1n) is 4.75. The lowest BCUT2D eigenvalue weighted by molar-refractivity contribution is 0.279. The van der Waals surface area contributed by atoms with Gasteiger partial charge in [0.25, 0.3) is 0 Å². The standard InChI is InChI=1S/C10H9BrN2OS/c11-8-5-14-4-6-1-2-13-9(6)7(8)3-12-10(13)15/h3,5H,1-2,4H2,(H,12,15). The maximum Gasteiger partial charge on any atom is 0.177 e. The number of rotatable bonds is 0. The fourth-order valence-corrected chi connectivity index (χ4v) is 2.76. The normalized spacial score (nSPS) is 23.8. The summed E-state index contributed by atoms with van der Waals surface area (Å²) in [5.74, 6) is 0. The highest BCUT2D eigenvalue weighted by Crippen LogP contribution is 2.38. The average Bonchev–Trinajstić information content (AvgIpc) is 2.57. The molecule has 0 bridgehead atoms. The van der Waals surface area contributed by atoms with E-state index in [0.717, 1.165) is 28.1 Å². The topological polar surface area (TPSA) is 24.5 Å². The summed E-state index contributed by atoms with van der Waals surface area (Å²) in [6.07, 6.45) is 4.72. The van der Waals surface area contributed by atoms with E-state index in [0.29, 0.717) is 6.61 Å². The highest BCUT2D eigenvalue weighted by molar-refractivity contribution is 9.12. The van der Waals surface area contributed by atoms with Crippen LogP contribution in [0.5, 0.6) is 0 Å². The molecule has 0 atom stereocenters. The molecule has 0 fully saturated rings. The van der Waals surface area contributed by atoms with Crippen molar-refractivity contribution in [3.05, 3.63) is 33.8 Å². The summed E-state index contributed by atoms with van der Waals surface area (Å²) in [5, 5.41) is 3.89. The molecule has 0 aromatic heterocycles. The number of halogens is 1. The quantitative estimate of drug-likeness (QED) is 0.688. The second-order valence-electron chi connectivity index (χ2n) is 3.64. The van der Waals surface area contributed by atoms with Crippen LogP contribution in [0.15, 0.2) is 33.8 Å². The summed E-state index contributed by atoms with van der Waals surface area (Å²) in [7, 11) is 0. The molecule has 0 saturated carbocycles. The number of hydrogen-bond acceptors (Lipinski definition) is 2. The van der Waals surface area contributed by atoms with E-state index in [1.807, 2.05) is 6.20 Å². The van der Waals surface area contributed by atoms with Crippen LogP contribution in [0, 0.1) is 0 Å². The van der Waals surface area contributed by atoms with Crippen LogP contribution in [0.4, 0.5) is 0 Å². The van der Waals surface area contributed by atoms with Gasteiger partial charge in [0, 0.05) is 18.3 Å². The molecule has 3 rings (SSSR count). The van der Waals surface area contributed by atoms with Gasteiger partial charge in [-0.1, -0.05) is 0 Å².